The Morgan fingerprint density at radius 1 is 1.12 bits per heavy atom. The van der Waals surface area contributed by atoms with Crippen LogP contribution in [0.3, 0.4) is 0 Å². The maximum atomic E-state index is 14.7. The molecule has 2 aromatic carbocycles. The Hall–Kier alpha value is -2.48. The second-order valence-corrected chi connectivity index (χ2v) is 7.97. The quantitative estimate of drug-likeness (QED) is 0.906. The van der Waals surface area contributed by atoms with Crippen molar-refractivity contribution in [2.45, 2.75) is 19.6 Å². The average molecular weight is 366 g/mol. The van der Waals surface area contributed by atoms with E-state index in [2.05, 4.69) is 9.71 Å². The molecule has 0 bridgehead atoms. The zero-order valence-electron chi connectivity index (χ0n) is 13.8. The van der Waals surface area contributed by atoms with E-state index < -0.39 is 27.4 Å². The Balaban J connectivity index is 2.17. The van der Waals surface area contributed by atoms with Gasteiger partial charge < -0.3 is 4.74 Å². The van der Waals surface area contributed by atoms with Crippen molar-refractivity contribution >= 4 is 21.4 Å². The summed E-state index contributed by atoms with van der Waals surface area (Å²) in [4.78, 5) is 4.41. The van der Waals surface area contributed by atoms with Gasteiger partial charge in [-0.1, -0.05) is 0 Å². The predicted molar refractivity (Wildman–Crippen MR) is 91.6 cm³/mol. The smallest absolute Gasteiger partial charge is 0.229 e. The molecule has 2 aromatic rings. The lowest BCUT2D eigenvalue weighted by atomic mass is 9.98. The maximum Gasteiger partial charge on any atom is 0.229 e. The summed E-state index contributed by atoms with van der Waals surface area (Å²) in [7, 11) is -3.56. The van der Waals surface area contributed by atoms with E-state index in [4.69, 9.17) is 4.74 Å². The number of hydrogen-bond donors (Lipinski definition) is 1. The van der Waals surface area contributed by atoms with Crippen molar-refractivity contribution in [3.63, 3.8) is 0 Å². The number of halogens is 2. The highest BCUT2D eigenvalue weighted by Gasteiger charge is 2.31. The van der Waals surface area contributed by atoms with Gasteiger partial charge in [0.15, 0.2) is 5.72 Å². The molecule has 25 heavy (non-hydrogen) atoms. The van der Waals surface area contributed by atoms with Crippen LogP contribution >= 0.6 is 0 Å². The first-order valence-electron chi connectivity index (χ1n) is 7.41. The van der Waals surface area contributed by atoms with Gasteiger partial charge in [0.25, 0.3) is 0 Å². The summed E-state index contributed by atoms with van der Waals surface area (Å²) in [6.45, 7) is 3.38. The number of ether oxygens (including phenoxy) is 1. The fraction of sp³-hybridized carbons (Fsp3) is 0.235. The molecular formula is C17H16F2N2O3S. The summed E-state index contributed by atoms with van der Waals surface area (Å²) in [6.07, 6.45) is 0.973. The molecule has 0 unspecified atom stereocenters. The van der Waals surface area contributed by atoms with Gasteiger partial charge in [-0.05, 0) is 44.2 Å². The third-order valence-corrected chi connectivity index (χ3v) is 4.06. The molecule has 3 rings (SSSR count). The summed E-state index contributed by atoms with van der Waals surface area (Å²) < 4.78 is 58.6. The number of nitrogens with one attached hydrogen (secondary N) is 1. The monoisotopic (exact) mass is 366 g/mol. The lowest BCUT2D eigenvalue weighted by Gasteiger charge is -2.31. The van der Waals surface area contributed by atoms with Gasteiger partial charge in [-0.3, -0.25) is 4.72 Å². The van der Waals surface area contributed by atoms with Crippen LogP contribution in [-0.2, 0) is 10.0 Å². The topological polar surface area (TPSA) is 67.8 Å². The standard InChI is InChI=1S/C17H16F2N2O3S/c1-17(2)20-16(10-4-6-11(18)7-5-10)15-13(19)8-12(9-14(15)24-17)21-25(3,22)23/h4-9,21H,1-3H3. The van der Waals surface area contributed by atoms with Gasteiger partial charge in [0.05, 0.1) is 23.2 Å². The van der Waals surface area contributed by atoms with Crippen molar-refractivity contribution in [2.24, 2.45) is 4.99 Å². The van der Waals surface area contributed by atoms with Gasteiger partial charge in [0, 0.05) is 11.6 Å². The highest BCUT2D eigenvalue weighted by molar-refractivity contribution is 7.92. The number of fused-ring (bicyclic) bond motifs is 1. The molecule has 1 N–H and O–H groups in total. The minimum absolute atomic E-state index is 0.0508. The van der Waals surface area contributed by atoms with E-state index >= 15 is 0 Å². The van der Waals surface area contributed by atoms with Gasteiger partial charge in [-0.2, -0.15) is 0 Å². The fourth-order valence-electron chi connectivity index (χ4n) is 2.60. The highest BCUT2D eigenvalue weighted by Crippen LogP contribution is 2.36. The minimum Gasteiger partial charge on any atom is -0.466 e. The van der Waals surface area contributed by atoms with Crippen molar-refractivity contribution in [2.75, 3.05) is 11.0 Å². The average Bonchev–Trinajstić information content (AvgIpc) is 2.43. The van der Waals surface area contributed by atoms with E-state index in [-0.39, 0.29) is 17.0 Å². The number of rotatable bonds is 3. The third kappa shape index (κ3) is 3.79. The van der Waals surface area contributed by atoms with Crippen LogP contribution in [0.15, 0.2) is 41.4 Å². The van der Waals surface area contributed by atoms with Gasteiger partial charge >= 0.3 is 0 Å². The van der Waals surface area contributed by atoms with E-state index in [1.54, 1.807) is 13.8 Å². The van der Waals surface area contributed by atoms with Crippen molar-refractivity contribution in [3.8, 4) is 5.75 Å². The molecule has 0 aromatic heterocycles. The maximum absolute atomic E-state index is 14.7. The normalized spacial score (nSPS) is 15.8. The molecule has 5 nitrogen and oxygen atoms in total. The van der Waals surface area contributed by atoms with Crippen LogP contribution in [-0.4, -0.2) is 26.1 Å². The van der Waals surface area contributed by atoms with Crippen LogP contribution in [0, 0.1) is 11.6 Å². The van der Waals surface area contributed by atoms with Gasteiger partial charge in [0.2, 0.25) is 10.0 Å². The van der Waals surface area contributed by atoms with Crippen LogP contribution in [0.25, 0.3) is 0 Å². The van der Waals surface area contributed by atoms with E-state index in [9.17, 15) is 17.2 Å². The zero-order valence-corrected chi connectivity index (χ0v) is 14.6. The number of anilines is 1. The molecule has 0 saturated heterocycles. The zero-order chi connectivity index (χ0) is 18.4. The Kier molecular flexibility index (Phi) is 4.03. The van der Waals surface area contributed by atoms with E-state index in [0.29, 0.717) is 11.3 Å². The largest absolute Gasteiger partial charge is 0.466 e. The molecule has 0 atom stereocenters. The third-order valence-electron chi connectivity index (χ3n) is 3.45. The second-order valence-electron chi connectivity index (χ2n) is 6.22. The number of benzene rings is 2. The Morgan fingerprint density at radius 2 is 1.76 bits per heavy atom. The molecule has 1 heterocycles. The van der Waals surface area contributed by atoms with Crippen molar-refractivity contribution < 1.29 is 21.9 Å². The number of sulfonamides is 1. The van der Waals surface area contributed by atoms with Crippen molar-refractivity contribution in [1.29, 1.82) is 0 Å². The van der Waals surface area contributed by atoms with Crippen LogP contribution in [0.5, 0.6) is 5.75 Å². The van der Waals surface area contributed by atoms with Crippen LogP contribution in [0.2, 0.25) is 0 Å². The van der Waals surface area contributed by atoms with Crippen LogP contribution in [0.1, 0.15) is 25.0 Å². The number of hydrogen-bond acceptors (Lipinski definition) is 4. The molecule has 0 saturated carbocycles. The minimum atomic E-state index is -3.56. The molecule has 1 aliphatic heterocycles. The fourth-order valence-corrected chi connectivity index (χ4v) is 3.14. The van der Waals surface area contributed by atoms with Gasteiger partial charge in [-0.15, -0.1) is 0 Å². The molecule has 132 valence electrons. The first kappa shape index (κ1) is 17.3. The summed E-state index contributed by atoms with van der Waals surface area (Å²) >= 11 is 0. The molecule has 0 fully saturated rings. The predicted octanol–water partition coefficient (Wildman–Crippen LogP) is 3.30. The lowest BCUT2D eigenvalue weighted by molar-refractivity contribution is 0.115. The molecule has 8 heteroatoms. The summed E-state index contributed by atoms with van der Waals surface area (Å²) in [5.41, 5.74) is 0.00339. The number of nitrogens with zero attached hydrogens (tertiary/aromatic N) is 1. The van der Waals surface area contributed by atoms with Crippen LogP contribution in [0.4, 0.5) is 14.5 Å². The van der Waals surface area contributed by atoms with Crippen molar-refractivity contribution in [1.82, 2.24) is 0 Å². The molecule has 0 aliphatic carbocycles. The molecule has 1 aliphatic rings. The SMILES string of the molecule is CC1(C)N=C(c2ccc(F)cc2)c2c(F)cc(NS(C)(=O)=O)cc2O1. The summed E-state index contributed by atoms with van der Waals surface area (Å²) in [5.74, 6) is -0.947. The lowest BCUT2D eigenvalue weighted by Crippen LogP contribution is -2.33. The van der Waals surface area contributed by atoms with Crippen LogP contribution < -0.4 is 9.46 Å². The summed E-state index contributed by atoms with van der Waals surface area (Å²) in [5, 5.41) is 0. The Labute approximate surface area is 144 Å². The molecule has 0 spiro atoms. The van der Waals surface area contributed by atoms with E-state index in [0.717, 1.165) is 12.3 Å². The molecular weight excluding hydrogens is 350 g/mol. The second kappa shape index (κ2) is 5.80. The summed E-state index contributed by atoms with van der Waals surface area (Å²) in [6, 6.07) is 7.98. The van der Waals surface area contributed by atoms with E-state index in [1.807, 2.05) is 0 Å². The highest BCUT2D eigenvalue weighted by atomic mass is 32.2. The molecule has 0 radical (unpaired) electrons. The van der Waals surface area contributed by atoms with Gasteiger partial charge in [0.1, 0.15) is 17.4 Å². The Morgan fingerprint density at radius 3 is 2.36 bits per heavy atom. The molecule has 0 amide bonds. The van der Waals surface area contributed by atoms with E-state index in [1.165, 1.54) is 30.3 Å². The first-order chi connectivity index (χ1) is 11.5. The first-order valence-corrected chi connectivity index (χ1v) is 9.30. The van der Waals surface area contributed by atoms with Gasteiger partial charge in [-0.25, -0.2) is 22.2 Å². The number of aliphatic imine (C=N–C) groups is 1. The van der Waals surface area contributed by atoms with Crippen molar-refractivity contribution in [3.05, 3.63) is 59.2 Å². The Bertz CT molecular complexity index is 968.